The van der Waals surface area contributed by atoms with Gasteiger partial charge in [-0.25, -0.2) is 0 Å². The number of nitrogens with one attached hydrogen (secondary N) is 3. The van der Waals surface area contributed by atoms with E-state index in [1.807, 2.05) is 31.2 Å². The van der Waals surface area contributed by atoms with Gasteiger partial charge in [0.05, 0.1) is 0 Å². The third-order valence-corrected chi connectivity index (χ3v) is 2.62. The molecule has 0 aliphatic heterocycles. The smallest absolute Gasteiger partial charge is 0.238 e. The summed E-state index contributed by atoms with van der Waals surface area (Å²) in [6.07, 6.45) is 2.31. The van der Waals surface area contributed by atoms with Crippen LogP contribution < -0.4 is 16.2 Å². The molecule has 0 saturated heterocycles. The van der Waals surface area contributed by atoms with E-state index in [1.165, 1.54) is 5.56 Å². The van der Waals surface area contributed by atoms with Gasteiger partial charge in [-0.3, -0.25) is 15.6 Å². The van der Waals surface area contributed by atoms with Crippen molar-refractivity contribution < 1.29 is 4.79 Å². The second-order valence-electron chi connectivity index (χ2n) is 3.93. The number of rotatable bonds is 4. The van der Waals surface area contributed by atoms with E-state index >= 15 is 0 Å². The molecule has 0 aliphatic carbocycles. The molecule has 0 saturated carbocycles. The first-order chi connectivity index (χ1) is 8.65. The maximum Gasteiger partial charge on any atom is 0.238 e. The first-order valence-corrected chi connectivity index (χ1v) is 6.51. The van der Waals surface area contributed by atoms with Crippen LogP contribution in [0.3, 0.4) is 0 Å². The number of carbonyl (C=O) groups is 1. The van der Waals surface area contributed by atoms with Crippen LogP contribution in [0.4, 0.5) is 5.69 Å². The third-order valence-electron chi connectivity index (χ3n) is 2.41. The molecule has 0 bridgehead atoms. The van der Waals surface area contributed by atoms with Crippen LogP contribution in [0, 0.1) is 0 Å². The van der Waals surface area contributed by atoms with Crippen molar-refractivity contribution in [3.8, 4) is 0 Å². The minimum absolute atomic E-state index is 0.0667. The van der Waals surface area contributed by atoms with E-state index in [-0.39, 0.29) is 5.91 Å². The van der Waals surface area contributed by atoms with Gasteiger partial charge in [-0.2, -0.15) is 0 Å². The number of anilines is 1. The number of carbonyl (C=O) groups excluding carboxylic acids is 1. The van der Waals surface area contributed by atoms with Gasteiger partial charge >= 0.3 is 0 Å². The number of benzene rings is 1. The minimum Gasteiger partial charge on any atom is -0.331 e. The zero-order valence-electron chi connectivity index (χ0n) is 10.7. The summed E-state index contributed by atoms with van der Waals surface area (Å²) in [7, 11) is 0. The number of thiocarbonyl (C=S) groups is 1. The van der Waals surface area contributed by atoms with E-state index < -0.39 is 0 Å². The maximum atomic E-state index is 11.2. The van der Waals surface area contributed by atoms with Crippen LogP contribution in [-0.2, 0) is 11.2 Å². The Morgan fingerprint density at radius 2 is 1.83 bits per heavy atom. The SMILES string of the molecule is CCCC(=O)NNC(=S)Nc1ccc(CC)cc1. The van der Waals surface area contributed by atoms with Crippen LogP contribution in [-0.4, -0.2) is 11.0 Å². The van der Waals surface area contributed by atoms with E-state index in [0.29, 0.717) is 11.5 Å². The van der Waals surface area contributed by atoms with E-state index in [1.54, 1.807) is 0 Å². The Kier molecular flexibility index (Phi) is 6.14. The molecule has 0 radical (unpaired) electrons. The number of amides is 1. The topological polar surface area (TPSA) is 53.2 Å². The summed E-state index contributed by atoms with van der Waals surface area (Å²) in [5, 5.41) is 3.37. The quantitative estimate of drug-likeness (QED) is 0.578. The van der Waals surface area contributed by atoms with E-state index in [0.717, 1.165) is 18.5 Å². The highest BCUT2D eigenvalue weighted by molar-refractivity contribution is 7.80. The van der Waals surface area contributed by atoms with E-state index in [2.05, 4.69) is 23.1 Å². The summed E-state index contributed by atoms with van der Waals surface area (Å²) in [6.45, 7) is 4.06. The molecule has 0 heterocycles. The van der Waals surface area contributed by atoms with Crippen LogP contribution in [0.5, 0.6) is 0 Å². The lowest BCUT2D eigenvalue weighted by molar-refractivity contribution is -0.121. The highest BCUT2D eigenvalue weighted by Gasteiger charge is 2.00. The molecule has 1 amide bonds. The molecule has 0 aromatic heterocycles. The molecule has 1 aromatic rings. The lowest BCUT2D eigenvalue weighted by Crippen LogP contribution is -2.43. The summed E-state index contributed by atoms with van der Waals surface area (Å²) >= 11 is 5.06. The number of hydrazine groups is 1. The van der Waals surface area contributed by atoms with Gasteiger partial charge in [0, 0.05) is 12.1 Å². The second kappa shape index (κ2) is 7.66. The van der Waals surface area contributed by atoms with Gasteiger partial charge in [0.15, 0.2) is 5.11 Å². The molecule has 0 atom stereocenters. The first-order valence-electron chi connectivity index (χ1n) is 6.10. The maximum absolute atomic E-state index is 11.2. The van der Waals surface area contributed by atoms with E-state index in [9.17, 15) is 4.79 Å². The predicted octanol–water partition coefficient (Wildman–Crippen LogP) is 2.37. The molecule has 4 nitrogen and oxygen atoms in total. The molecule has 0 spiro atoms. The molecule has 0 aliphatic rings. The summed E-state index contributed by atoms with van der Waals surface area (Å²) in [5.41, 5.74) is 7.37. The van der Waals surface area contributed by atoms with Gasteiger partial charge in [-0.15, -0.1) is 0 Å². The highest BCUT2D eigenvalue weighted by Crippen LogP contribution is 2.09. The normalized spacial score (nSPS) is 9.67. The average Bonchev–Trinajstić information content (AvgIpc) is 2.38. The van der Waals surface area contributed by atoms with Crippen LogP contribution in [0.1, 0.15) is 32.3 Å². The number of hydrogen-bond acceptors (Lipinski definition) is 2. The van der Waals surface area contributed by atoms with Gasteiger partial charge in [0.25, 0.3) is 0 Å². The third kappa shape index (κ3) is 5.14. The molecular weight excluding hydrogens is 246 g/mol. The Labute approximate surface area is 113 Å². The Bertz CT molecular complexity index is 403. The standard InChI is InChI=1S/C13H19N3OS/c1-3-5-12(17)15-16-13(18)14-11-8-6-10(4-2)7-9-11/h6-9H,3-5H2,1-2H3,(H,15,17)(H2,14,16,18). The average molecular weight is 265 g/mol. The minimum atomic E-state index is -0.0667. The molecule has 98 valence electrons. The van der Waals surface area contributed by atoms with Gasteiger partial charge in [0.2, 0.25) is 5.91 Å². The molecule has 0 unspecified atom stereocenters. The monoisotopic (exact) mass is 265 g/mol. The number of hydrogen-bond donors (Lipinski definition) is 3. The van der Waals surface area contributed by atoms with Crippen LogP contribution in [0.2, 0.25) is 0 Å². The van der Waals surface area contributed by atoms with Crippen molar-refractivity contribution in [3.05, 3.63) is 29.8 Å². The lowest BCUT2D eigenvalue weighted by atomic mass is 10.1. The van der Waals surface area contributed by atoms with Crippen LogP contribution in [0.25, 0.3) is 0 Å². The molecule has 18 heavy (non-hydrogen) atoms. The van der Waals surface area contributed by atoms with Crippen molar-refractivity contribution in [3.63, 3.8) is 0 Å². The number of aryl methyl sites for hydroxylation is 1. The van der Waals surface area contributed by atoms with Crippen molar-refractivity contribution in [2.45, 2.75) is 33.1 Å². The zero-order valence-corrected chi connectivity index (χ0v) is 11.6. The molecule has 3 N–H and O–H groups in total. The summed E-state index contributed by atoms with van der Waals surface area (Å²) in [5.74, 6) is -0.0667. The van der Waals surface area contributed by atoms with Crippen molar-refractivity contribution >= 4 is 28.9 Å². The Hall–Kier alpha value is -1.62. The molecule has 5 heteroatoms. The molecule has 0 fully saturated rings. The Morgan fingerprint density at radius 3 is 2.39 bits per heavy atom. The van der Waals surface area contributed by atoms with Crippen molar-refractivity contribution in [2.24, 2.45) is 0 Å². The fraction of sp³-hybridized carbons (Fsp3) is 0.385. The largest absolute Gasteiger partial charge is 0.331 e. The highest BCUT2D eigenvalue weighted by atomic mass is 32.1. The first kappa shape index (κ1) is 14.4. The summed E-state index contributed by atoms with van der Waals surface area (Å²) in [6, 6.07) is 8.00. The predicted molar refractivity (Wildman–Crippen MR) is 78.2 cm³/mol. The Balaban J connectivity index is 2.37. The van der Waals surface area contributed by atoms with Gasteiger partial charge in [-0.1, -0.05) is 26.0 Å². The van der Waals surface area contributed by atoms with Gasteiger partial charge < -0.3 is 5.32 Å². The van der Waals surface area contributed by atoms with Crippen molar-refractivity contribution in [2.75, 3.05) is 5.32 Å². The summed E-state index contributed by atoms with van der Waals surface area (Å²) in [4.78, 5) is 11.2. The zero-order chi connectivity index (χ0) is 13.4. The van der Waals surface area contributed by atoms with Gasteiger partial charge in [0.1, 0.15) is 0 Å². The van der Waals surface area contributed by atoms with Gasteiger partial charge in [-0.05, 0) is 42.8 Å². The fourth-order valence-corrected chi connectivity index (χ4v) is 1.57. The second-order valence-corrected chi connectivity index (χ2v) is 4.34. The van der Waals surface area contributed by atoms with Crippen LogP contribution in [0.15, 0.2) is 24.3 Å². The molecular formula is C13H19N3OS. The summed E-state index contributed by atoms with van der Waals surface area (Å²) < 4.78 is 0. The van der Waals surface area contributed by atoms with Crippen molar-refractivity contribution in [1.29, 1.82) is 0 Å². The Morgan fingerprint density at radius 1 is 1.17 bits per heavy atom. The molecule has 1 rings (SSSR count). The molecule has 1 aromatic carbocycles. The van der Waals surface area contributed by atoms with Crippen LogP contribution >= 0.6 is 12.2 Å². The lowest BCUT2D eigenvalue weighted by Gasteiger charge is -2.11. The van der Waals surface area contributed by atoms with E-state index in [4.69, 9.17) is 12.2 Å². The fourth-order valence-electron chi connectivity index (χ4n) is 1.40. The van der Waals surface area contributed by atoms with Crippen molar-refractivity contribution in [1.82, 2.24) is 10.9 Å².